The summed E-state index contributed by atoms with van der Waals surface area (Å²) in [5.74, 6) is 0.435. The summed E-state index contributed by atoms with van der Waals surface area (Å²) in [6.45, 7) is 4.05. The van der Waals surface area contributed by atoms with E-state index in [9.17, 15) is 4.79 Å². The molecule has 1 amide bonds. The minimum absolute atomic E-state index is 0.167. The smallest absolute Gasteiger partial charge is 0.264 e. The van der Waals surface area contributed by atoms with Gasteiger partial charge in [0.1, 0.15) is 5.75 Å². The summed E-state index contributed by atoms with van der Waals surface area (Å²) >= 11 is 7.44. The highest BCUT2D eigenvalue weighted by atomic mass is 35.5. The van der Waals surface area contributed by atoms with Gasteiger partial charge < -0.3 is 10.1 Å². The van der Waals surface area contributed by atoms with Gasteiger partial charge in [0.05, 0.1) is 22.7 Å². The standard InChI is InChI=1S/C19H17ClN2O2S/c1-11-6-12(2)8-14(7-11)21-19-22-18(23)17(25-19)10-13-4-5-16(24-3)15(20)9-13/h4-10H,1-3H3,(H,21,22,23)/b17-10-. The summed E-state index contributed by atoms with van der Waals surface area (Å²) in [5.41, 5.74) is 3.93. The van der Waals surface area contributed by atoms with Crippen molar-refractivity contribution in [3.63, 3.8) is 0 Å². The van der Waals surface area contributed by atoms with E-state index in [0.717, 1.165) is 22.4 Å². The fourth-order valence-corrected chi connectivity index (χ4v) is 3.64. The Kier molecular flexibility index (Phi) is 5.16. The normalized spacial score (nSPS) is 17.2. The molecule has 0 bridgehead atoms. The average molecular weight is 373 g/mol. The van der Waals surface area contributed by atoms with E-state index >= 15 is 0 Å². The SMILES string of the molecule is COc1ccc(/C=C2\SC(=Nc3cc(C)cc(C)c3)NC2=O)cc1Cl. The number of rotatable bonds is 3. The van der Waals surface area contributed by atoms with Gasteiger partial charge >= 0.3 is 0 Å². The van der Waals surface area contributed by atoms with Crippen molar-refractivity contribution in [1.82, 2.24) is 5.32 Å². The van der Waals surface area contributed by atoms with E-state index in [1.165, 1.54) is 11.8 Å². The van der Waals surface area contributed by atoms with E-state index in [2.05, 4.69) is 16.4 Å². The molecule has 0 unspecified atom stereocenters. The predicted molar refractivity (Wildman–Crippen MR) is 105 cm³/mol. The number of carbonyl (C=O) groups excluding carboxylic acids is 1. The van der Waals surface area contributed by atoms with Crippen LogP contribution in [-0.2, 0) is 4.79 Å². The number of aliphatic imine (C=N–C) groups is 1. The van der Waals surface area contributed by atoms with Crippen LogP contribution in [-0.4, -0.2) is 18.2 Å². The topological polar surface area (TPSA) is 50.7 Å². The van der Waals surface area contributed by atoms with Crippen LogP contribution in [0.5, 0.6) is 5.75 Å². The summed E-state index contributed by atoms with van der Waals surface area (Å²) in [4.78, 5) is 17.3. The third kappa shape index (κ3) is 4.24. The van der Waals surface area contributed by atoms with Gasteiger partial charge in [-0.2, -0.15) is 0 Å². The maximum absolute atomic E-state index is 12.2. The monoisotopic (exact) mass is 372 g/mol. The molecule has 4 nitrogen and oxygen atoms in total. The zero-order valence-corrected chi connectivity index (χ0v) is 15.7. The van der Waals surface area contributed by atoms with Crippen LogP contribution in [0.1, 0.15) is 16.7 Å². The van der Waals surface area contributed by atoms with Gasteiger partial charge in [0.2, 0.25) is 0 Å². The predicted octanol–water partition coefficient (Wildman–Crippen LogP) is 4.86. The summed E-state index contributed by atoms with van der Waals surface area (Å²) in [6.07, 6.45) is 1.79. The fraction of sp³-hybridized carbons (Fsp3) is 0.158. The van der Waals surface area contributed by atoms with Crippen molar-refractivity contribution in [3.8, 4) is 5.75 Å². The third-order valence-corrected chi connectivity index (χ3v) is 4.77. The van der Waals surface area contributed by atoms with E-state index < -0.39 is 0 Å². The Bertz CT molecular complexity index is 886. The molecule has 1 fully saturated rings. The summed E-state index contributed by atoms with van der Waals surface area (Å²) < 4.78 is 5.14. The second kappa shape index (κ2) is 7.33. The highest BCUT2D eigenvalue weighted by Gasteiger charge is 2.23. The molecule has 1 aliphatic heterocycles. The van der Waals surface area contributed by atoms with Gasteiger partial charge in [-0.25, -0.2) is 4.99 Å². The number of nitrogens with one attached hydrogen (secondary N) is 1. The van der Waals surface area contributed by atoms with Crippen molar-refractivity contribution in [2.45, 2.75) is 13.8 Å². The van der Waals surface area contributed by atoms with Crippen LogP contribution in [0.4, 0.5) is 5.69 Å². The van der Waals surface area contributed by atoms with Crippen molar-refractivity contribution >= 4 is 46.2 Å². The number of ether oxygens (including phenoxy) is 1. The zero-order chi connectivity index (χ0) is 18.0. The molecular weight excluding hydrogens is 356 g/mol. The van der Waals surface area contributed by atoms with E-state index in [1.54, 1.807) is 25.3 Å². The number of nitrogens with zero attached hydrogens (tertiary/aromatic N) is 1. The van der Waals surface area contributed by atoms with Gasteiger partial charge in [0.15, 0.2) is 5.17 Å². The number of amides is 1. The highest BCUT2D eigenvalue weighted by molar-refractivity contribution is 8.18. The lowest BCUT2D eigenvalue weighted by Gasteiger charge is -2.03. The highest BCUT2D eigenvalue weighted by Crippen LogP contribution is 2.31. The van der Waals surface area contributed by atoms with Gasteiger partial charge in [-0.05, 0) is 72.6 Å². The number of halogens is 1. The molecule has 25 heavy (non-hydrogen) atoms. The minimum atomic E-state index is -0.167. The molecule has 0 saturated carbocycles. The van der Waals surface area contributed by atoms with Crippen LogP contribution in [0.25, 0.3) is 6.08 Å². The van der Waals surface area contributed by atoms with Crippen LogP contribution >= 0.6 is 23.4 Å². The lowest BCUT2D eigenvalue weighted by Crippen LogP contribution is -2.19. The van der Waals surface area contributed by atoms with Gasteiger partial charge in [0.25, 0.3) is 5.91 Å². The van der Waals surface area contributed by atoms with Crippen LogP contribution < -0.4 is 10.1 Å². The second-order valence-corrected chi connectivity index (χ2v) is 7.16. The maximum Gasteiger partial charge on any atom is 0.264 e. The Morgan fingerprint density at radius 2 is 1.88 bits per heavy atom. The first kappa shape index (κ1) is 17.6. The number of carbonyl (C=O) groups is 1. The third-order valence-electron chi connectivity index (χ3n) is 3.56. The number of thioether (sulfide) groups is 1. The number of aryl methyl sites for hydroxylation is 2. The first-order chi connectivity index (χ1) is 11.9. The quantitative estimate of drug-likeness (QED) is 0.783. The lowest BCUT2D eigenvalue weighted by molar-refractivity contribution is -0.115. The molecule has 1 heterocycles. The molecule has 2 aromatic rings. The van der Waals surface area contributed by atoms with Crippen molar-refractivity contribution in [1.29, 1.82) is 0 Å². The molecule has 1 N–H and O–H groups in total. The van der Waals surface area contributed by atoms with Crippen molar-refractivity contribution in [3.05, 3.63) is 63.0 Å². The number of benzene rings is 2. The first-order valence-corrected chi connectivity index (χ1v) is 8.85. The Morgan fingerprint density at radius 3 is 2.52 bits per heavy atom. The van der Waals surface area contributed by atoms with E-state index in [-0.39, 0.29) is 5.91 Å². The van der Waals surface area contributed by atoms with Crippen LogP contribution in [0, 0.1) is 13.8 Å². The molecule has 2 aromatic carbocycles. The molecule has 128 valence electrons. The Morgan fingerprint density at radius 1 is 1.16 bits per heavy atom. The Hall–Kier alpha value is -2.24. The average Bonchev–Trinajstić information content (AvgIpc) is 2.86. The van der Waals surface area contributed by atoms with Gasteiger partial charge in [-0.1, -0.05) is 23.7 Å². The van der Waals surface area contributed by atoms with Gasteiger partial charge in [-0.15, -0.1) is 0 Å². The van der Waals surface area contributed by atoms with Crippen LogP contribution in [0.2, 0.25) is 5.02 Å². The second-order valence-electron chi connectivity index (χ2n) is 5.72. The molecule has 1 aliphatic rings. The van der Waals surface area contributed by atoms with Crippen LogP contribution in [0.15, 0.2) is 46.3 Å². The Labute approximate surface area is 155 Å². The number of hydrogen-bond donors (Lipinski definition) is 1. The first-order valence-electron chi connectivity index (χ1n) is 7.66. The fourth-order valence-electron chi connectivity index (χ4n) is 2.54. The molecule has 3 rings (SSSR count). The minimum Gasteiger partial charge on any atom is -0.495 e. The largest absolute Gasteiger partial charge is 0.495 e. The molecule has 0 atom stereocenters. The molecule has 0 aliphatic carbocycles. The van der Waals surface area contributed by atoms with Crippen LogP contribution in [0.3, 0.4) is 0 Å². The Balaban J connectivity index is 1.84. The molecule has 6 heteroatoms. The number of amidine groups is 1. The number of hydrogen-bond acceptors (Lipinski definition) is 4. The molecule has 0 aromatic heterocycles. The van der Waals surface area contributed by atoms with Crippen molar-refractivity contribution < 1.29 is 9.53 Å². The summed E-state index contributed by atoms with van der Waals surface area (Å²) in [6, 6.07) is 11.4. The zero-order valence-electron chi connectivity index (χ0n) is 14.1. The van der Waals surface area contributed by atoms with Gasteiger partial charge in [-0.3, -0.25) is 4.79 Å². The van der Waals surface area contributed by atoms with E-state index in [0.29, 0.717) is 20.8 Å². The van der Waals surface area contributed by atoms with Gasteiger partial charge in [0, 0.05) is 0 Å². The summed E-state index contributed by atoms with van der Waals surface area (Å²) in [5, 5.41) is 3.87. The van der Waals surface area contributed by atoms with Crippen molar-refractivity contribution in [2.24, 2.45) is 4.99 Å². The maximum atomic E-state index is 12.2. The molecule has 1 saturated heterocycles. The molecular formula is C19H17ClN2O2S. The lowest BCUT2D eigenvalue weighted by atomic mass is 10.1. The van der Waals surface area contributed by atoms with Crippen molar-refractivity contribution in [2.75, 3.05) is 7.11 Å². The summed E-state index contributed by atoms with van der Waals surface area (Å²) in [7, 11) is 1.56. The molecule has 0 spiro atoms. The van der Waals surface area contributed by atoms with E-state index in [4.69, 9.17) is 16.3 Å². The number of methoxy groups -OCH3 is 1. The van der Waals surface area contributed by atoms with E-state index in [1.807, 2.05) is 32.0 Å². The molecule has 0 radical (unpaired) electrons.